The monoisotopic (exact) mass is 353 g/mol. The molecule has 0 spiro atoms. The zero-order valence-electron chi connectivity index (χ0n) is 18.7. The van der Waals surface area contributed by atoms with Crippen LogP contribution in [0.2, 0.25) is 0 Å². The van der Waals surface area contributed by atoms with Crippen LogP contribution in [0.4, 0.5) is 4.79 Å². The summed E-state index contributed by atoms with van der Waals surface area (Å²) >= 11 is 0. The quantitative estimate of drug-likeness (QED) is 0.852. The molecule has 3 rings (SSSR count). The second-order valence-corrected chi connectivity index (χ2v) is 6.62. The van der Waals surface area contributed by atoms with Gasteiger partial charge in [0.1, 0.15) is 18.8 Å². The molecule has 1 aromatic carbocycles. The Kier molecular flexibility index (Phi) is 4.19. The minimum absolute atomic E-state index is 0.120. The summed E-state index contributed by atoms with van der Waals surface area (Å²) in [5.74, 6) is -0.927. The van der Waals surface area contributed by atoms with E-state index in [1.807, 2.05) is 30.3 Å². The second kappa shape index (κ2) is 7.72. The molecule has 1 aliphatic heterocycles. The van der Waals surface area contributed by atoms with E-state index in [4.69, 9.17) is 24.4 Å². The Morgan fingerprint density at radius 2 is 2.04 bits per heavy atom. The largest absolute Gasteiger partial charge is 0.445 e. The average molecular weight is 353 g/mol. The molecule has 0 aromatic heterocycles. The maximum Gasteiger partial charge on any atom is 0.407 e. The van der Waals surface area contributed by atoms with Crippen molar-refractivity contribution in [3.8, 4) is 0 Å². The fraction of sp³-hybridized carbons (Fsp3) is 0.632. The maximum atomic E-state index is 12.3. The summed E-state index contributed by atoms with van der Waals surface area (Å²) < 4.78 is 53.7. The van der Waals surface area contributed by atoms with Crippen LogP contribution in [0.15, 0.2) is 30.3 Å². The molecule has 1 saturated carbocycles. The van der Waals surface area contributed by atoms with E-state index in [1.165, 1.54) is 0 Å². The van der Waals surface area contributed by atoms with Gasteiger partial charge in [0.25, 0.3) is 0 Å². The van der Waals surface area contributed by atoms with Crippen molar-refractivity contribution in [3.63, 3.8) is 0 Å². The Bertz CT molecular complexity index is 725. The van der Waals surface area contributed by atoms with Gasteiger partial charge in [-0.25, -0.2) is 4.79 Å². The number of carbonyl (C=O) groups is 1. The topological polar surface area (TPSA) is 66.0 Å². The Hall–Kier alpha value is -1.63. The standard InChI is InChI=1S/C19H27NO5/c1-4-10-22-15-11-14(16-17(15)25-19(2,3)24-16)20-18(21)23-12-13-8-6-5-7-9-13/h5-9,14-17H,4,10-12H2,1-3H3,(H,20,21)/t14?,15-,16-,17+/m0/s1/i4D2,10D2. The predicted molar refractivity (Wildman–Crippen MR) is 92.0 cm³/mol. The van der Waals surface area contributed by atoms with E-state index < -0.39 is 49.2 Å². The van der Waals surface area contributed by atoms with Crippen LogP contribution in [0, 0.1) is 0 Å². The number of rotatable bonds is 6. The Labute approximate surface area is 154 Å². The van der Waals surface area contributed by atoms with Crippen LogP contribution < -0.4 is 5.32 Å². The molecule has 1 amide bonds. The molecule has 6 heteroatoms. The molecular weight excluding hydrogens is 322 g/mol. The van der Waals surface area contributed by atoms with Crippen LogP contribution >= 0.6 is 0 Å². The van der Waals surface area contributed by atoms with Gasteiger partial charge in [0, 0.05) is 9.30 Å². The highest BCUT2D eigenvalue weighted by Gasteiger charge is 2.55. The van der Waals surface area contributed by atoms with E-state index in [0.29, 0.717) is 0 Å². The van der Waals surface area contributed by atoms with Crippen LogP contribution in [0.25, 0.3) is 0 Å². The Balaban J connectivity index is 1.65. The molecule has 1 heterocycles. The SMILES string of the molecule is [2H]C([2H])(C)C([2H])([2H])O[C@H]1CC(NC(=O)OCc2ccccc2)[C@@H]2OC(C)(C)O[C@H]12. The third-order valence-electron chi connectivity index (χ3n) is 4.24. The van der Waals surface area contributed by atoms with Gasteiger partial charge in [-0.2, -0.15) is 0 Å². The highest BCUT2D eigenvalue weighted by Crippen LogP contribution is 2.39. The fourth-order valence-electron chi connectivity index (χ4n) is 3.24. The Morgan fingerprint density at radius 3 is 2.76 bits per heavy atom. The van der Waals surface area contributed by atoms with Gasteiger partial charge in [-0.05, 0) is 32.2 Å². The number of carbonyl (C=O) groups excluding carboxylic acids is 1. The van der Waals surface area contributed by atoms with Gasteiger partial charge in [-0.3, -0.25) is 0 Å². The molecular formula is C19H27NO5. The first-order valence-electron chi connectivity index (χ1n) is 10.4. The highest BCUT2D eigenvalue weighted by molar-refractivity contribution is 5.67. The second-order valence-electron chi connectivity index (χ2n) is 6.62. The van der Waals surface area contributed by atoms with Crippen molar-refractivity contribution in [2.24, 2.45) is 0 Å². The highest BCUT2D eigenvalue weighted by atomic mass is 16.8. The summed E-state index contributed by atoms with van der Waals surface area (Å²) in [5, 5.41) is 2.75. The normalized spacial score (nSPS) is 33.6. The number of amides is 1. The molecule has 0 bridgehead atoms. The molecule has 1 N–H and O–H groups in total. The van der Waals surface area contributed by atoms with Crippen LogP contribution in [0.1, 0.15) is 44.6 Å². The third kappa shape index (κ3) is 4.51. The number of alkyl carbamates (subject to hydrolysis) is 1. The summed E-state index contributed by atoms with van der Waals surface area (Å²) in [6, 6.07) is 8.76. The van der Waals surface area contributed by atoms with E-state index in [1.54, 1.807) is 13.8 Å². The first-order valence-corrected chi connectivity index (χ1v) is 8.39. The van der Waals surface area contributed by atoms with Gasteiger partial charge < -0.3 is 24.3 Å². The molecule has 4 atom stereocenters. The number of benzene rings is 1. The van der Waals surface area contributed by atoms with Crippen molar-refractivity contribution in [2.75, 3.05) is 6.56 Å². The van der Waals surface area contributed by atoms with Gasteiger partial charge in [-0.1, -0.05) is 37.3 Å². The van der Waals surface area contributed by atoms with Gasteiger partial charge in [0.05, 0.1) is 14.9 Å². The first kappa shape index (κ1) is 13.6. The number of nitrogens with one attached hydrogen (secondary N) is 1. The lowest BCUT2D eigenvalue weighted by Gasteiger charge is -2.24. The van der Waals surface area contributed by atoms with Gasteiger partial charge in [-0.15, -0.1) is 0 Å². The van der Waals surface area contributed by atoms with Crippen molar-refractivity contribution in [2.45, 2.75) is 70.3 Å². The molecule has 6 nitrogen and oxygen atoms in total. The lowest BCUT2D eigenvalue weighted by atomic mass is 10.2. The summed E-state index contributed by atoms with van der Waals surface area (Å²) in [6.07, 6.45) is -4.61. The molecule has 1 unspecified atom stereocenters. The zero-order valence-corrected chi connectivity index (χ0v) is 14.7. The minimum Gasteiger partial charge on any atom is -0.445 e. The van der Waals surface area contributed by atoms with Gasteiger partial charge in [0.15, 0.2) is 5.79 Å². The molecule has 2 fully saturated rings. The molecule has 1 saturated heterocycles. The molecule has 1 aromatic rings. The summed E-state index contributed by atoms with van der Waals surface area (Å²) in [6.45, 7) is 2.16. The van der Waals surface area contributed by atoms with Crippen molar-refractivity contribution in [1.29, 1.82) is 0 Å². The van der Waals surface area contributed by atoms with E-state index in [-0.39, 0.29) is 13.0 Å². The molecule has 1 aliphatic carbocycles. The van der Waals surface area contributed by atoms with Crippen molar-refractivity contribution in [3.05, 3.63) is 35.9 Å². The van der Waals surface area contributed by atoms with E-state index in [9.17, 15) is 4.79 Å². The Morgan fingerprint density at radius 1 is 1.32 bits per heavy atom. The van der Waals surface area contributed by atoms with Crippen molar-refractivity contribution >= 4 is 6.09 Å². The van der Waals surface area contributed by atoms with E-state index in [0.717, 1.165) is 12.5 Å². The van der Waals surface area contributed by atoms with Crippen LogP contribution in [0.3, 0.4) is 0 Å². The van der Waals surface area contributed by atoms with Gasteiger partial charge >= 0.3 is 6.09 Å². The third-order valence-corrected chi connectivity index (χ3v) is 4.24. The van der Waals surface area contributed by atoms with Crippen molar-refractivity contribution in [1.82, 2.24) is 5.32 Å². The fourth-order valence-corrected chi connectivity index (χ4v) is 3.24. The minimum atomic E-state index is -2.53. The first-order chi connectivity index (χ1) is 13.4. The predicted octanol–water partition coefficient (Wildman–Crippen LogP) is 3.00. The lowest BCUT2D eigenvalue weighted by molar-refractivity contribution is -0.168. The zero-order chi connectivity index (χ0) is 21.4. The van der Waals surface area contributed by atoms with Crippen molar-refractivity contribution < 1.29 is 29.2 Å². The molecule has 25 heavy (non-hydrogen) atoms. The summed E-state index contributed by atoms with van der Waals surface area (Å²) in [7, 11) is 0. The van der Waals surface area contributed by atoms with Crippen LogP contribution in [0.5, 0.6) is 0 Å². The molecule has 0 radical (unpaired) electrons. The number of fused-ring (bicyclic) bond motifs is 1. The van der Waals surface area contributed by atoms with Crippen LogP contribution in [-0.2, 0) is 25.6 Å². The summed E-state index contributed by atoms with van der Waals surface area (Å²) in [4.78, 5) is 12.3. The average Bonchev–Trinajstić information content (AvgIpc) is 3.07. The van der Waals surface area contributed by atoms with Crippen LogP contribution in [-0.4, -0.2) is 42.8 Å². The van der Waals surface area contributed by atoms with E-state index in [2.05, 4.69) is 5.32 Å². The van der Waals surface area contributed by atoms with Gasteiger partial charge in [0.2, 0.25) is 0 Å². The maximum absolute atomic E-state index is 12.3. The van der Waals surface area contributed by atoms with E-state index >= 15 is 0 Å². The summed E-state index contributed by atoms with van der Waals surface area (Å²) in [5.41, 5.74) is 0.855. The lowest BCUT2D eigenvalue weighted by Crippen LogP contribution is -2.43. The smallest absolute Gasteiger partial charge is 0.407 e. The molecule has 2 aliphatic rings. The number of hydrogen-bond donors (Lipinski definition) is 1. The number of ether oxygens (including phenoxy) is 4. The molecule has 138 valence electrons. The number of hydrogen-bond acceptors (Lipinski definition) is 5.